The Morgan fingerprint density at radius 2 is 1.08 bits per heavy atom. The highest BCUT2D eigenvalue weighted by atomic mass is 16.3. The Morgan fingerprint density at radius 1 is 0.708 bits per heavy atom. The molecule has 6 heteroatoms. The van der Waals surface area contributed by atoms with E-state index in [1.54, 1.807) is 0 Å². The quantitative estimate of drug-likeness (QED) is 0.526. The van der Waals surface area contributed by atoms with E-state index in [1.165, 1.54) is 0 Å². The van der Waals surface area contributed by atoms with Gasteiger partial charge in [-0.1, -0.05) is 25.7 Å². The van der Waals surface area contributed by atoms with E-state index < -0.39 is 12.2 Å². The minimum Gasteiger partial charge on any atom is -0.391 e. The van der Waals surface area contributed by atoms with Crippen molar-refractivity contribution >= 4 is 11.8 Å². The zero-order valence-corrected chi connectivity index (χ0v) is 14.5. The molecule has 0 radical (unpaired) electrons. The number of hydrogen-bond donors (Lipinski definition) is 4. The van der Waals surface area contributed by atoms with E-state index in [9.17, 15) is 19.8 Å². The third-order valence-electron chi connectivity index (χ3n) is 5.21. The predicted octanol–water partition coefficient (Wildman–Crippen LogP) is 1.39. The van der Waals surface area contributed by atoms with E-state index in [4.69, 9.17) is 0 Å². The van der Waals surface area contributed by atoms with Gasteiger partial charge in [-0.05, 0) is 38.5 Å². The second kappa shape index (κ2) is 9.99. The molecule has 0 aromatic rings. The van der Waals surface area contributed by atoms with Gasteiger partial charge in [0.25, 0.3) is 0 Å². The molecular weight excluding hydrogens is 308 g/mol. The van der Waals surface area contributed by atoms with Crippen LogP contribution in [0.3, 0.4) is 0 Å². The van der Waals surface area contributed by atoms with Crippen molar-refractivity contribution in [3.8, 4) is 0 Å². The van der Waals surface area contributed by atoms with E-state index >= 15 is 0 Å². The van der Waals surface area contributed by atoms with Gasteiger partial charge in [0.05, 0.1) is 24.3 Å². The highest BCUT2D eigenvalue weighted by Gasteiger charge is 2.25. The third kappa shape index (κ3) is 6.40. The lowest BCUT2D eigenvalue weighted by Crippen LogP contribution is -2.45. The molecule has 2 rings (SSSR count). The summed E-state index contributed by atoms with van der Waals surface area (Å²) in [5, 5.41) is 25.5. The first kappa shape index (κ1) is 19.2. The normalized spacial score (nSPS) is 30.6. The van der Waals surface area contributed by atoms with Crippen molar-refractivity contribution in [2.24, 2.45) is 0 Å². The first-order valence-electron chi connectivity index (χ1n) is 9.51. The summed E-state index contributed by atoms with van der Waals surface area (Å²) >= 11 is 0. The fourth-order valence-corrected chi connectivity index (χ4v) is 3.69. The van der Waals surface area contributed by atoms with Gasteiger partial charge in [-0.2, -0.15) is 0 Å². The molecule has 6 nitrogen and oxygen atoms in total. The Labute approximate surface area is 144 Å². The van der Waals surface area contributed by atoms with E-state index in [-0.39, 0.29) is 23.9 Å². The van der Waals surface area contributed by atoms with Crippen molar-refractivity contribution in [2.45, 2.75) is 101 Å². The van der Waals surface area contributed by atoms with Crippen LogP contribution in [-0.4, -0.2) is 46.3 Å². The number of aliphatic hydroxyl groups excluding tert-OH is 2. The zero-order valence-electron chi connectivity index (χ0n) is 14.5. The Balaban J connectivity index is 1.55. The molecular formula is C18H32N2O4. The molecule has 0 heterocycles. The molecule has 0 spiro atoms. The molecule has 0 saturated heterocycles. The average Bonchev–Trinajstić information content (AvgIpc) is 2.56. The van der Waals surface area contributed by atoms with E-state index in [2.05, 4.69) is 10.6 Å². The fourth-order valence-electron chi connectivity index (χ4n) is 3.69. The molecule has 0 aromatic heterocycles. The number of carbonyl (C=O) groups excluding carboxylic acids is 2. The summed E-state index contributed by atoms with van der Waals surface area (Å²) in [5.41, 5.74) is 0. The average molecular weight is 340 g/mol. The number of nitrogens with one attached hydrogen (secondary N) is 2. The molecule has 24 heavy (non-hydrogen) atoms. The summed E-state index contributed by atoms with van der Waals surface area (Å²) in [4.78, 5) is 23.8. The molecule has 2 amide bonds. The van der Waals surface area contributed by atoms with Gasteiger partial charge in [-0.3, -0.25) is 9.59 Å². The summed E-state index contributed by atoms with van der Waals surface area (Å²) in [6.07, 6.45) is 8.64. The maximum Gasteiger partial charge on any atom is 0.220 e. The van der Waals surface area contributed by atoms with E-state index in [0.29, 0.717) is 25.7 Å². The van der Waals surface area contributed by atoms with Gasteiger partial charge in [0.2, 0.25) is 11.8 Å². The molecule has 2 aliphatic rings. The lowest BCUT2D eigenvalue weighted by Gasteiger charge is -2.28. The van der Waals surface area contributed by atoms with Gasteiger partial charge in [-0.15, -0.1) is 0 Å². The van der Waals surface area contributed by atoms with Gasteiger partial charge in [0.15, 0.2) is 0 Å². The standard InChI is InChI=1S/C18H32N2O4/c21-15-9-3-1-7-13(15)19-17(23)11-5-6-12-18(24)20-14-8-2-4-10-16(14)22/h13-16,21-22H,1-12H2,(H,19,23)(H,20,24)/t13-,14+,15+,16-. The van der Waals surface area contributed by atoms with Crippen LogP contribution in [0.15, 0.2) is 0 Å². The zero-order chi connectivity index (χ0) is 17.4. The third-order valence-corrected chi connectivity index (χ3v) is 5.21. The van der Waals surface area contributed by atoms with Crippen molar-refractivity contribution in [1.82, 2.24) is 10.6 Å². The summed E-state index contributed by atoms with van der Waals surface area (Å²) in [5.74, 6) is -0.0758. The molecule has 2 aliphatic carbocycles. The van der Waals surface area contributed by atoms with Crippen LogP contribution < -0.4 is 10.6 Å². The van der Waals surface area contributed by atoms with Crippen molar-refractivity contribution in [3.63, 3.8) is 0 Å². The molecule has 0 aromatic carbocycles. The van der Waals surface area contributed by atoms with Gasteiger partial charge < -0.3 is 20.8 Å². The highest BCUT2D eigenvalue weighted by Crippen LogP contribution is 2.19. The molecule has 138 valence electrons. The number of aliphatic hydroxyl groups is 2. The second-order valence-corrected chi connectivity index (χ2v) is 7.26. The van der Waals surface area contributed by atoms with E-state index in [1.807, 2.05) is 0 Å². The molecule has 4 N–H and O–H groups in total. The van der Waals surface area contributed by atoms with Crippen LogP contribution in [0, 0.1) is 0 Å². The van der Waals surface area contributed by atoms with Crippen molar-refractivity contribution in [3.05, 3.63) is 0 Å². The van der Waals surface area contributed by atoms with Crippen LogP contribution in [0.4, 0.5) is 0 Å². The second-order valence-electron chi connectivity index (χ2n) is 7.26. The van der Waals surface area contributed by atoms with Crippen LogP contribution in [0.25, 0.3) is 0 Å². The Kier molecular flexibility index (Phi) is 7.99. The molecule has 4 atom stereocenters. The molecule has 0 bridgehead atoms. The van der Waals surface area contributed by atoms with Gasteiger partial charge in [-0.25, -0.2) is 0 Å². The summed E-state index contributed by atoms with van der Waals surface area (Å²) in [7, 11) is 0. The molecule has 0 unspecified atom stereocenters. The number of hydrogen-bond acceptors (Lipinski definition) is 4. The van der Waals surface area contributed by atoms with Gasteiger partial charge in [0, 0.05) is 12.8 Å². The SMILES string of the molecule is O=C(CCCCC(=O)N[C@@H]1CCCC[C@@H]1O)N[C@H]1CCCC[C@H]1O. The highest BCUT2D eigenvalue weighted by molar-refractivity contribution is 5.77. The van der Waals surface area contributed by atoms with Crippen molar-refractivity contribution in [2.75, 3.05) is 0 Å². The maximum atomic E-state index is 11.9. The Hall–Kier alpha value is -1.14. The van der Waals surface area contributed by atoms with Gasteiger partial charge in [0.1, 0.15) is 0 Å². The maximum absolute atomic E-state index is 11.9. The lowest BCUT2D eigenvalue weighted by molar-refractivity contribution is -0.124. The number of rotatable bonds is 7. The van der Waals surface area contributed by atoms with Crippen LogP contribution in [0.5, 0.6) is 0 Å². The number of unbranched alkanes of at least 4 members (excludes halogenated alkanes) is 1. The monoisotopic (exact) mass is 340 g/mol. The minimum atomic E-state index is -0.421. The minimum absolute atomic E-state index is 0.0379. The molecule has 0 aliphatic heterocycles. The lowest BCUT2D eigenvalue weighted by atomic mass is 9.92. The summed E-state index contributed by atoms with van der Waals surface area (Å²) in [6, 6.07) is -0.218. The van der Waals surface area contributed by atoms with Crippen molar-refractivity contribution < 1.29 is 19.8 Å². The van der Waals surface area contributed by atoms with Crippen LogP contribution in [-0.2, 0) is 9.59 Å². The predicted molar refractivity (Wildman–Crippen MR) is 91.3 cm³/mol. The smallest absolute Gasteiger partial charge is 0.220 e. The topological polar surface area (TPSA) is 98.7 Å². The molecule has 2 saturated carbocycles. The Morgan fingerprint density at radius 3 is 1.46 bits per heavy atom. The number of amides is 2. The summed E-state index contributed by atoms with van der Waals surface area (Å²) in [6.45, 7) is 0. The van der Waals surface area contributed by atoms with Gasteiger partial charge >= 0.3 is 0 Å². The number of carbonyl (C=O) groups is 2. The largest absolute Gasteiger partial charge is 0.391 e. The first-order valence-corrected chi connectivity index (χ1v) is 9.51. The fraction of sp³-hybridized carbons (Fsp3) is 0.889. The van der Waals surface area contributed by atoms with Crippen molar-refractivity contribution in [1.29, 1.82) is 0 Å². The molecule has 2 fully saturated rings. The Bertz CT molecular complexity index is 378. The first-order chi connectivity index (χ1) is 11.6. The van der Waals surface area contributed by atoms with Crippen LogP contribution in [0.1, 0.15) is 77.0 Å². The van der Waals surface area contributed by atoms with Crippen LogP contribution in [0.2, 0.25) is 0 Å². The summed E-state index contributed by atoms with van der Waals surface area (Å²) < 4.78 is 0. The van der Waals surface area contributed by atoms with Crippen LogP contribution >= 0.6 is 0 Å². The van der Waals surface area contributed by atoms with E-state index in [0.717, 1.165) is 51.4 Å².